The zero-order chi connectivity index (χ0) is 17.1. The average Bonchev–Trinajstić information content (AvgIpc) is 2.57. The van der Waals surface area contributed by atoms with Gasteiger partial charge in [0, 0.05) is 11.1 Å². The van der Waals surface area contributed by atoms with E-state index in [0.29, 0.717) is 5.57 Å². The maximum Gasteiger partial charge on any atom is 0.192 e. The highest BCUT2D eigenvalue weighted by atomic mass is 16.1. The van der Waals surface area contributed by atoms with Crippen LogP contribution in [0.25, 0.3) is 0 Å². The Labute approximate surface area is 132 Å². The number of allylic oxidation sites excluding steroid dienone is 8. The van der Waals surface area contributed by atoms with Crippen LogP contribution in [0, 0.1) is 0 Å². The van der Waals surface area contributed by atoms with E-state index in [2.05, 4.69) is 27.0 Å². The van der Waals surface area contributed by atoms with Crippen molar-refractivity contribution in [1.82, 2.24) is 0 Å². The zero-order valence-corrected chi connectivity index (χ0v) is 14.9. The fraction of sp³-hybridized carbons (Fsp3) is 0.450. The molecule has 0 radical (unpaired) electrons. The summed E-state index contributed by atoms with van der Waals surface area (Å²) in [5.74, 6) is 0.0239. The van der Waals surface area contributed by atoms with Crippen molar-refractivity contribution in [1.29, 1.82) is 0 Å². The van der Waals surface area contributed by atoms with Crippen LogP contribution in [-0.4, -0.2) is 5.78 Å². The number of rotatable bonds is 4. The number of hydrogen-bond donors (Lipinski definition) is 0. The highest BCUT2D eigenvalue weighted by molar-refractivity contribution is 6.12. The third-order valence-corrected chi connectivity index (χ3v) is 2.04. The molecule has 0 aromatic heterocycles. The summed E-state index contributed by atoms with van der Waals surface area (Å²) in [4.78, 5) is 11.8. The van der Waals surface area contributed by atoms with E-state index >= 15 is 0 Å². The van der Waals surface area contributed by atoms with E-state index < -0.39 is 0 Å². The van der Waals surface area contributed by atoms with Gasteiger partial charge in [-0.25, -0.2) is 0 Å². The lowest BCUT2D eigenvalue weighted by Gasteiger charge is -2.05. The van der Waals surface area contributed by atoms with Gasteiger partial charge >= 0.3 is 0 Å². The topological polar surface area (TPSA) is 17.1 Å². The van der Waals surface area contributed by atoms with Crippen LogP contribution in [0.15, 0.2) is 60.8 Å². The fourth-order valence-corrected chi connectivity index (χ4v) is 1.31. The SMILES string of the molecule is C=C/C=C(\C=C)C(=O)C1=CCCC=C1.CC.CC.CCC. The summed E-state index contributed by atoms with van der Waals surface area (Å²) in [6.45, 7) is 19.4. The Balaban J connectivity index is -0.000000399. The van der Waals surface area contributed by atoms with E-state index in [1.807, 2.05) is 45.9 Å². The maximum atomic E-state index is 11.8. The molecule has 1 aliphatic carbocycles. The van der Waals surface area contributed by atoms with Crippen LogP contribution in [0.2, 0.25) is 0 Å². The minimum Gasteiger partial charge on any atom is -0.289 e. The maximum absolute atomic E-state index is 11.8. The van der Waals surface area contributed by atoms with Crippen LogP contribution in [0.3, 0.4) is 0 Å². The molecular weight excluding hydrogens is 256 g/mol. The number of carbonyl (C=O) groups excluding carboxylic acids is 1. The van der Waals surface area contributed by atoms with Gasteiger partial charge in [-0.2, -0.15) is 0 Å². The molecule has 0 amide bonds. The second-order valence-electron chi connectivity index (χ2n) is 3.74. The normalized spacial score (nSPS) is 12.1. The first-order chi connectivity index (χ1) is 10.2. The van der Waals surface area contributed by atoms with Gasteiger partial charge < -0.3 is 0 Å². The molecular formula is C20H34O. The molecule has 0 bridgehead atoms. The van der Waals surface area contributed by atoms with E-state index in [0.717, 1.165) is 18.4 Å². The molecule has 0 N–H and O–H groups in total. The summed E-state index contributed by atoms with van der Waals surface area (Å²) < 4.78 is 0. The van der Waals surface area contributed by atoms with Crippen LogP contribution >= 0.6 is 0 Å². The molecule has 0 fully saturated rings. The predicted molar refractivity (Wildman–Crippen MR) is 98.6 cm³/mol. The standard InChI is InChI=1S/C13H14O.C3H8.2C2H6/c1-3-8-11(4-2)13(14)12-9-6-5-7-10-12;1-3-2;2*1-2/h3-4,6,8-10H,1-2,5,7H2;3H2,1-2H3;2*1-2H3/b11-8+;;;. The number of Topliss-reactive ketones (excluding diaryl/α,β-unsaturated/α-hetero) is 1. The van der Waals surface area contributed by atoms with Gasteiger partial charge in [0.1, 0.15) is 0 Å². The molecule has 0 saturated carbocycles. The Morgan fingerprint density at radius 2 is 1.67 bits per heavy atom. The molecule has 1 rings (SSSR count). The largest absolute Gasteiger partial charge is 0.289 e. The van der Waals surface area contributed by atoms with Crippen LogP contribution in [0.5, 0.6) is 0 Å². The zero-order valence-electron chi connectivity index (χ0n) is 14.9. The van der Waals surface area contributed by atoms with Gasteiger partial charge in [0.15, 0.2) is 5.78 Å². The van der Waals surface area contributed by atoms with Gasteiger partial charge in [-0.15, -0.1) is 0 Å². The fourth-order valence-electron chi connectivity index (χ4n) is 1.31. The minimum absolute atomic E-state index is 0.0239. The van der Waals surface area contributed by atoms with Crippen LogP contribution < -0.4 is 0 Å². The van der Waals surface area contributed by atoms with Crippen molar-refractivity contribution in [3.63, 3.8) is 0 Å². The molecule has 0 aromatic rings. The van der Waals surface area contributed by atoms with E-state index in [-0.39, 0.29) is 5.78 Å². The second-order valence-corrected chi connectivity index (χ2v) is 3.74. The van der Waals surface area contributed by atoms with Crippen molar-refractivity contribution in [3.8, 4) is 0 Å². The molecule has 0 aromatic carbocycles. The van der Waals surface area contributed by atoms with Crippen molar-refractivity contribution in [2.24, 2.45) is 0 Å². The summed E-state index contributed by atoms with van der Waals surface area (Å²) >= 11 is 0. The molecule has 0 spiro atoms. The van der Waals surface area contributed by atoms with Crippen LogP contribution in [0.4, 0.5) is 0 Å². The molecule has 0 atom stereocenters. The predicted octanol–water partition coefficient (Wildman–Crippen LogP) is 6.60. The monoisotopic (exact) mass is 290 g/mol. The molecule has 1 heteroatoms. The first-order valence-corrected chi connectivity index (χ1v) is 8.07. The quantitative estimate of drug-likeness (QED) is 0.421. The molecule has 0 heterocycles. The summed E-state index contributed by atoms with van der Waals surface area (Å²) in [6.07, 6.45) is 13.9. The van der Waals surface area contributed by atoms with Gasteiger partial charge in [-0.3, -0.25) is 4.79 Å². The molecule has 0 aliphatic heterocycles. The first kappa shape index (κ1) is 24.4. The van der Waals surface area contributed by atoms with Gasteiger partial charge in [0.05, 0.1) is 0 Å². The highest BCUT2D eigenvalue weighted by Gasteiger charge is 2.10. The van der Waals surface area contributed by atoms with Gasteiger partial charge in [-0.05, 0) is 12.8 Å². The summed E-state index contributed by atoms with van der Waals surface area (Å²) in [6, 6.07) is 0. The lowest BCUT2D eigenvalue weighted by Crippen LogP contribution is -2.04. The van der Waals surface area contributed by atoms with Crippen LogP contribution in [0.1, 0.15) is 60.8 Å². The second kappa shape index (κ2) is 20.7. The van der Waals surface area contributed by atoms with E-state index in [9.17, 15) is 4.79 Å². The van der Waals surface area contributed by atoms with Crippen molar-refractivity contribution in [2.75, 3.05) is 0 Å². The van der Waals surface area contributed by atoms with E-state index in [1.54, 1.807) is 18.2 Å². The van der Waals surface area contributed by atoms with E-state index in [4.69, 9.17) is 0 Å². The van der Waals surface area contributed by atoms with Crippen molar-refractivity contribution in [3.05, 3.63) is 60.8 Å². The third kappa shape index (κ3) is 13.1. The van der Waals surface area contributed by atoms with Gasteiger partial charge in [0.2, 0.25) is 0 Å². The van der Waals surface area contributed by atoms with Crippen LogP contribution in [-0.2, 0) is 4.79 Å². The Bertz CT molecular complexity index is 354. The molecule has 0 unspecified atom stereocenters. The smallest absolute Gasteiger partial charge is 0.192 e. The summed E-state index contributed by atoms with van der Waals surface area (Å²) in [5, 5.41) is 0. The summed E-state index contributed by atoms with van der Waals surface area (Å²) in [7, 11) is 0. The molecule has 120 valence electrons. The Hall–Kier alpha value is -1.63. The van der Waals surface area contributed by atoms with Crippen molar-refractivity contribution in [2.45, 2.75) is 60.8 Å². The van der Waals surface area contributed by atoms with E-state index in [1.165, 1.54) is 6.42 Å². The number of carbonyl (C=O) groups is 1. The van der Waals surface area contributed by atoms with Gasteiger partial charge in [-0.1, -0.05) is 97.6 Å². The first-order valence-electron chi connectivity index (χ1n) is 8.07. The molecule has 1 nitrogen and oxygen atoms in total. The minimum atomic E-state index is 0.0239. The highest BCUT2D eigenvalue weighted by Crippen LogP contribution is 2.15. The lowest BCUT2D eigenvalue weighted by atomic mass is 9.98. The Morgan fingerprint density at radius 1 is 1.14 bits per heavy atom. The third-order valence-electron chi connectivity index (χ3n) is 2.04. The van der Waals surface area contributed by atoms with Crippen molar-refractivity contribution < 1.29 is 4.79 Å². The van der Waals surface area contributed by atoms with Gasteiger partial charge in [0.25, 0.3) is 0 Å². The summed E-state index contributed by atoms with van der Waals surface area (Å²) in [5.41, 5.74) is 1.35. The molecule has 1 aliphatic rings. The molecule has 0 saturated heterocycles. The van der Waals surface area contributed by atoms with Crippen molar-refractivity contribution >= 4 is 5.78 Å². The number of ketones is 1. The Morgan fingerprint density at radius 3 is 2.00 bits per heavy atom. The number of hydrogen-bond acceptors (Lipinski definition) is 1. The molecule has 21 heavy (non-hydrogen) atoms. The lowest BCUT2D eigenvalue weighted by molar-refractivity contribution is -0.111. The average molecular weight is 290 g/mol. The Kier molecular flexibility index (Phi) is 24.0.